The Hall–Kier alpha value is -0.980. The van der Waals surface area contributed by atoms with Gasteiger partial charge in [-0.1, -0.05) is 17.7 Å². The van der Waals surface area contributed by atoms with Gasteiger partial charge >= 0.3 is 0 Å². The fourth-order valence-corrected chi connectivity index (χ4v) is 2.86. The van der Waals surface area contributed by atoms with E-state index in [1.165, 1.54) is 16.0 Å². The highest BCUT2D eigenvalue weighted by atomic mass is 32.2. The maximum Gasteiger partial charge on any atom is 0.0962 e. The van der Waals surface area contributed by atoms with Crippen molar-refractivity contribution in [1.82, 2.24) is 5.32 Å². The van der Waals surface area contributed by atoms with Crippen molar-refractivity contribution in [2.45, 2.75) is 51.1 Å². The summed E-state index contributed by atoms with van der Waals surface area (Å²) in [5.41, 5.74) is 2.62. The number of nitrogens with one attached hydrogen (secondary N) is 1. The highest BCUT2D eigenvalue weighted by Gasteiger charge is 2.08. The van der Waals surface area contributed by atoms with Crippen molar-refractivity contribution >= 4 is 11.8 Å². The van der Waals surface area contributed by atoms with Crippen LogP contribution < -0.4 is 5.32 Å². The number of nitriles is 1. The van der Waals surface area contributed by atoms with Crippen LogP contribution in [0.2, 0.25) is 0 Å². The van der Waals surface area contributed by atoms with E-state index in [9.17, 15) is 0 Å². The molecule has 0 amide bonds. The number of hydrogen-bond acceptors (Lipinski definition) is 3. The molecule has 0 saturated carbocycles. The third-order valence-corrected chi connectivity index (χ3v) is 3.89. The van der Waals surface area contributed by atoms with Gasteiger partial charge in [0.25, 0.3) is 0 Å². The van der Waals surface area contributed by atoms with Gasteiger partial charge in [0.15, 0.2) is 0 Å². The second kappa shape index (κ2) is 7.45. The number of rotatable bonds is 6. The number of hydrogen-bond donors (Lipinski definition) is 1. The molecular weight excluding hydrogens is 240 g/mol. The van der Waals surface area contributed by atoms with Gasteiger partial charge in [0, 0.05) is 16.7 Å². The maximum atomic E-state index is 9.04. The van der Waals surface area contributed by atoms with Crippen molar-refractivity contribution in [2.75, 3.05) is 5.75 Å². The average Bonchev–Trinajstić information content (AvgIpc) is 2.30. The second-order valence-electron chi connectivity index (χ2n) is 4.91. The van der Waals surface area contributed by atoms with Crippen molar-refractivity contribution in [3.05, 3.63) is 29.3 Å². The topological polar surface area (TPSA) is 35.8 Å². The van der Waals surface area contributed by atoms with E-state index in [1.54, 1.807) is 0 Å². The van der Waals surface area contributed by atoms with Gasteiger partial charge in [-0.2, -0.15) is 5.26 Å². The molecule has 0 aliphatic heterocycles. The summed E-state index contributed by atoms with van der Waals surface area (Å²) in [7, 11) is 0. The second-order valence-corrected chi connectivity index (χ2v) is 6.05. The van der Waals surface area contributed by atoms with Crippen LogP contribution in [-0.2, 0) is 0 Å². The van der Waals surface area contributed by atoms with Crippen LogP contribution in [0.4, 0.5) is 0 Å². The standard InChI is InChI=1S/C15H22N2S/c1-11(2)17-14(10-16)7-8-18-15-6-5-12(3)9-13(15)4/h5-6,9,11,14,17H,7-8H2,1-4H3. The molecule has 2 nitrogen and oxygen atoms in total. The van der Waals surface area contributed by atoms with Crippen molar-refractivity contribution in [3.8, 4) is 6.07 Å². The first kappa shape index (κ1) is 15.1. The largest absolute Gasteiger partial charge is 0.300 e. The summed E-state index contributed by atoms with van der Waals surface area (Å²) in [6.07, 6.45) is 0.882. The monoisotopic (exact) mass is 262 g/mol. The Morgan fingerprint density at radius 3 is 2.61 bits per heavy atom. The molecule has 0 fully saturated rings. The third-order valence-electron chi connectivity index (χ3n) is 2.68. The van der Waals surface area contributed by atoms with Gasteiger partial charge in [0.1, 0.15) is 0 Å². The summed E-state index contributed by atoms with van der Waals surface area (Å²) in [6.45, 7) is 8.40. The van der Waals surface area contributed by atoms with Crippen LogP contribution in [-0.4, -0.2) is 17.8 Å². The summed E-state index contributed by atoms with van der Waals surface area (Å²) in [6, 6.07) is 9.16. The minimum absolute atomic E-state index is 0.0387. The van der Waals surface area contributed by atoms with Crippen LogP contribution in [0.25, 0.3) is 0 Å². The molecule has 0 bridgehead atoms. The Morgan fingerprint density at radius 1 is 1.33 bits per heavy atom. The van der Waals surface area contributed by atoms with Crippen molar-refractivity contribution < 1.29 is 0 Å². The average molecular weight is 262 g/mol. The first-order valence-corrected chi connectivity index (χ1v) is 7.37. The highest BCUT2D eigenvalue weighted by molar-refractivity contribution is 7.99. The predicted molar refractivity (Wildman–Crippen MR) is 78.9 cm³/mol. The minimum atomic E-state index is -0.0387. The lowest BCUT2D eigenvalue weighted by molar-refractivity contribution is 0.522. The zero-order chi connectivity index (χ0) is 13.5. The predicted octanol–water partition coefficient (Wildman–Crippen LogP) is 3.68. The molecule has 0 radical (unpaired) electrons. The summed E-state index contributed by atoms with van der Waals surface area (Å²) in [5.74, 6) is 0.974. The van der Waals surface area contributed by atoms with Crippen LogP contribution in [0.3, 0.4) is 0 Å². The van der Waals surface area contributed by atoms with E-state index in [-0.39, 0.29) is 6.04 Å². The lowest BCUT2D eigenvalue weighted by atomic mass is 10.2. The lowest BCUT2D eigenvalue weighted by Gasteiger charge is -2.14. The van der Waals surface area contributed by atoms with Gasteiger partial charge in [-0.3, -0.25) is 5.32 Å². The van der Waals surface area contributed by atoms with Crippen molar-refractivity contribution in [3.63, 3.8) is 0 Å². The van der Waals surface area contributed by atoms with Gasteiger partial charge in [-0.25, -0.2) is 0 Å². The van der Waals surface area contributed by atoms with Crippen LogP contribution in [0.15, 0.2) is 23.1 Å². The van der Waals surface area contributed by atoms with Crippen molar-refractivity contribution in [1.29, 1.82) is 5.26 Å². The Kier molecular flexibility index (Phi) is 6.24. The van der Waals surface area contributed by atoms with E-state index >= 15 is 0 Å². The Labute approximate surface area is 115 Å². The number of thioether (sulfide) groups is 1. The van der Waals surface area contributed by atoms with Crippen molar-refractivity contribution in [2.24, 2.45) is 0 Å². The normalized spacial score (nSPS) is 12.4. The molecule has 1 rings (SSSR count). The van der Waals surface area contributed by atoms with Gasteiger partial charge in [0.2, 0.25) is 0 Å². The van der Waals surface area contributed by atoms with E-state index in [2.05, 4.69) is 57.3 Å². The third kappa shape index (κ3) is 5.12. The van der Waals surface area contributed by atoms with Crippen LogP contribution >= 0.6 is 11.8 Å². The molecule has 98 valence electrons. The molecule has 3 heteroatoms. The van der Waals surface area contributed by atoms with Gasteiger partial charge in [-0.05, 0) is 45.7 Å². The zero-order valence-electron chi connectivity index (χ0n) is 11.7. The summed E-state index contributed by atoms with van der Waals surface area (Å²) in [4.78, 5) is 1.32. The van der Waals surface area contributed by atoms with Gasteiger partial charge in [-0.15, -0.1) is 11.8 Å². The van der Waals surface area contributed by atoms with Gasteiger partial charge < -0.3 is 0 Å². The molecule has 0 spiro atoms. The Bertz CT molecular complexity index is 421. The number of aryl methyl sites for hydroxylation is 2. The summed E-state index contributed by atoms with van der Waals surface area (Å²) < 4.78 is 0. The molecule has 0 heterocycles. The Morgan fingerprint density at radius 2 is 2.06 bits per heavy atom. The number of nitrogens with zero attached hydrogens (tertiary/aromatic N) is 1. The molecule has 1 aromatic carbocycles. The smallest absolute Gasteiger partial charge is 0.0962 e. The zero-order valence-corrected chi connectivity index (χ0v) is 12.5. The molecule has 1 aromatic rings. The van der Waals surface area contributed by atoms with E-state index < -0.39 is 0 Å². The molecule has 1 unspecified atom stereocenters. The van der Waals surface area contributed by atoms with Crippen LogP contribution in [0, 0.1) is 25.2 Å². The van der Waals surface area contributed by atoms with Gasteiger partial charge in [0.05, 0.1) is 12.1 Å². The maximum absolute atomic E-state index is 9.04. The van der Waals surface area contributed by atoms with E-state index in [0.717, 1.165) is 12.2 Å². The Balaban J connectivity index is 2.43. The first-order chi connectivity index (χ1) is 8.52. The minimum Gasteiger partial charge on any atom is -0.300 e. The van der Waals surface area contributed by atoms with E-state index in [4.69, 9.17) is 5.26 Å². The quantitative estimate of drug-likeness (QED) is 0.794. The molecule has 0 aromatic heterocycles. The molecule has 1 N–H and O–H groups in total. The molecule has 0 aliphatic carbocycles. The summed E-state index contributed by atoms with van der Waals surface area (Å²) in [5, 5.41) is 12.3. The van der Waals surface area contributed by atoms with Crippen LogP contribution in [0.1, 0.15) is 31.4 Å². The molecular formula is C15H22N2S. The molecule has 0 aliphatic rings. The van der Waals surface area contributed by atoms with E-state index in [1.807, 2.05) is 11.8 Å². The lowest BCUT2D eigenvalue weighted by Crippen LogP contribution is -2.33. The SMILES string of the molecule is Cc1ccc(SCCC(C#N)NC(C)C)c(C)c1. The fraction of sp³-hybridized carbons (Fsp3) is 0.533. The summed E-state index contributed by atoms with van der Waals surface area (Å²) >= 11 is 1.84. The molecule has 0 saturated heterocycles. The highest BCUT2D eigenvalue weighted by Crippen LogP contribution is 2.24. The van der Waals surface area contributed by atoms with Crippen LogP contribution in [0.5, 0.6) is 0 Å². The fourth-order valence-electron chi connectivity index (χ4n) is 1.84. The van der Waals surface area contributed by atoms with E-state index in [0.29, 0.717) is 6.04 Å². The number of benzene rings is 1. The molecule has 1 atom stereocenters. The molecule has 18 heavy (non-hydrogen) atoms. The first-order valence-electron chi connectivity index (χ1n) is 6.38.